The van der Waals surface area contributed by atoms with E-state index < -0.39 is 0 Å². The topological polar surface area (TPSA) is 47.0 Å². The highest BCUT2D eigenvalue weighted by molar-refractivity contribution is 7.17. The normalized spacial score (nSPS) is 31.2. The number of nitrogens with one attached hydrogen (secondary N) is 1. The van der Waals surface area contributed by atoms with Gasteiger partial charge in [0.25, 0.3) is 0 Å². The Hall–Kier alpha value is -2.05. The van der Waals surface area contributed by atoms with Gasteiger partial charge in [-0.15, -0.1) is 11.3 Å². The van der Waals surface area contributed by atoms with Crippen LogP contribution in [-0.2, 0) is 4.74 Å². The van der Waals surface area contributed by atoms with E-state index in [0.29, 0.717) is 12.0 Å². The number of anilines is 1. The molecule has 1 N–H and O–H groups in total. The predicted molar refractivity (Wildman–Crippen MR) is 109 cm³/mol. The molecule has 2 aromatic heterocycles. The molecule has 1 saturated heterocycles. The number of ether oxygens (including phenoxy) is 1. The first-order valence-electron chi connectivity index (χ1n) is 10.1. The second-order valence-corrected chi connectivity index (χ2v) is 9.19. The van der Waals surface area contributed by atoms with E-state index in [4.69, 9.17) is 4.74 Å². The van der Waals surface area contributed by atoms with Gasteiger partial charge < -0.3 is 10.1 Å². The van der Waals surface area contributed by atoms with Gasteiger partial charge in [-0.3, -0.25) is 0 Å². The lowest BCUT2D eigenvalue weighted by molar-refractivity contribution is -0.160. The van der Waals surface area contributed by atoms with E-state index in [2.05, 4.69) is 20.7 Å². The van der Waals surface area contributed by atoms with Gasteiger partial charge in [-0.05, 0) is 55.7 Å². The first kappa shape index (κ1) is 16.9. The van der Waals surface area contributed by atoms with Gasteiger partial charge in [0.05, 0.1) is 11.0 Å². The van der Waals surface area contributed by atoms with Crippen LogP contribution in [0.1, 0.15) is 32.1 Å². The quantitative estimate of drug-likeness (QED) is 0.657. The Kier molecular flexibility index (Phi) is 3.75. The molecule has 4 atom stereocenters. The van der Waals surface area contributed by atoms with E-state index >= 15 is 0 Å². The van der Waals surface area contributed by atoms with Crippen LogP contribution in [-0.4, -0.2) is 28.2 Å². The number of aromatic nitrogens is 2. The molecule has 1 aromatic carbocycles. The van der Waals surface area contributed by atoms with Crippen LogP contribution in [0.15, 0.2) is 36.0 Å². The van der Waals surface area contributed by atoms with Crippen molar-refractivity contribution < 1.29 is 9.13 Å². The summed E-state index contributed by atoms with van der Waals surface area (Å²) in [5, 5.41) is 6.91. The number of fused-ring (bicyclic) bond motifs is 1. The molecule has 2 aliphatic carbocycles. The van der Waals surface area contributed by atoms with Gasteiger partial charge in [0.1, 0.15) is 22.8 Å². The highest BCUT2D eigenvalue weighted by atomic mass is 32.1. The summed E-state index contributed by atoms with van der Waals surface area (Å²) >= 11 is 1.61. The standard InChI is InChI=1S/C22H22FN3OS/c23-15-5-3-13(4-6-15)16-11-28-21-19(16)20(24-12-25-21)26-18-2-1-8-22-14(7-9-27-22)10-17(18)22/h3-6,11-12,14,17-18H,1-2,7-10H2,(H,24,25,26). The molecule has 1 spiro atoms. The number of nitrogens with zero attached hydrogens (tertiary/aromatic N) is 2. The first-order valence-corrected chi connectivity index (χ1v) is 11.0. The van der Waals surface area contributed by atoms with Gasteiger partial charge in [-0.2, -0.15) is 0 Å². The summed E-state index contributed by atoms with van der Waals surface area (Å²) in [6.07, 6.45) is 7.70. The molecule has 0 amide bonds. The summed E-state index contributed by atoms with van der Waals surface area (Å²) < 4.78 is 19.7. The van der Waals surface area contributed by atoms with Crippen molar-refractivity contribution in [2.75, 3.05) is 11.9 Å². The summed E-state index contributed by atoms with van der Waals surface area (Å²) in [4.78, 5) is 10.0. The third-order valence-electron chi connectivity index (χ3n) is 7.11. The zero-order valence-electron chi connectivity index (χ0n) is 15.5. The molecule has 3 aromatic rings. The first-order chi connectivity index (χ1) is 13.7. The van der Waals surface area contributed by atoms with Crippen molar-refractivity contribution in [1.82, 2.24) is 9.97 Å². The van der Waals surface area contributed by atoms with Crippen LogP contribution >= 0.6 is 11.3 Å². The Labute approximate surface area is 167 Å². The predicted octanol–water partition coefficient (Wildman–Crippen LogP) is 5.26. The third kappa shape index (κ3) is 2.37. The van der Waals surface area contributed by atoms with E-state index in [1.54, 1.807) is 17.7 Å². The molecule has 1 aliphatic heterocycles. The average molecular weight is 396 g/mol. The van der Waals surface area contributed by atoms with Crippen LogP contribution in [0, 0.1) is 17.7 Å². The second-order valence-electron chi connectivity index (χ2n) is 8.33. The minimum atomic E-state index is -0.221. The smallest absolute Gasteiger partial charge is 0.139 e. The van der Waals surface area contributed by atoms with Crippen molar-refractivity contribution in [3.8, 4) is 11.1 Å². The lowest BCUT2D eigenvalue weighted by Gasteiger charge is -2.57. The molecular formula is C22H22FN3OS. The van der Waals surface area contributed by atoms with Crippen molar-refractivity contribution in [1.29, 1.82) is 0 Å². The van der Waals surface area contributed by atoms with Gasteiger partial charge in [-0.1, -0.05) is 12.1 Å². The Morgan fingerprint density at radius 1 is 1.18 bits per heavy atom. The molecule has 3 heterocycles. The van der Waals surface area contributed by atoms with Crippen LogP contribution < -0.4 is 5.32 Å². The molecule has 2 saturated carbocycles. The van der Waals surface area contributed by atoms with Crippen molar-refractivity contribution in [3.63, 3.8) is 0 Å². The monoisotopic (exact) mass is 395 g/mol. The Morgan fingerprint density at radius 3 is 2.93 bits per heavy atom. The van der Waals surface area contributed by atoms with Crippen molar-refractivity contribution in [3.05, 3.63) is 41.8 Å². The molecule has 0 bridgehead atoms. The summed E-state index contributed by atoms with van der Waals surface area (Å²) in [5.74, 6) is 2.01. The molecule has 6 rings (SSSR count). The number of benzene rings is 1. The molecule has 144 valence electrons. The summed E-state index contributed by atoms with van der Waals surface area (Å²) in [6.45, 7) is 0.922. The van der Waals surface area contributed by atoms with Crippen LogP contribution in [0.25, 0.3) is 21.3 Å². The Bertz CT molecular complexity index is 1040. The Morgan fingerprint density at radius 2 is 2.07 bits per heavy atom. The van der Waals surface area contributed by atoms with Crippen LogP contribution in [0.3, 0.4) is 0 Å². The minimum absolute atomic E-state index is 0.122. The molecule has 4 nitrogen and oxygen atoms in total. The van der Waals surface area contributed by atoms with Gasteiger partial charge >= 0.3 is 0 Å². The highest BCUT2D eigenvalue weighted by Crippen LogP contribution is 2.59. The number of thiophene rings is 1. The largest absolute Gasteiger partial charge is 0.374 e. The number of halogens is 1. The van der Waals surface area contributed by atoms with Crippen LogP contribution in [0.4, 0.5) is 10.2 Å². The van der Waals surface area contributed by atoms with Crippen molar-refractivity contribution in [2.45, 2.75) is 43.7 Å². The molecule has 4 unspecified atom stereocenters. The molecule has 28 heavy (non-hydrogen) atoms. The number of hydrogen-bond acceptors (Lipinski definition) is 5. The maximum absolute atomic E-state index is 13.4. The van der Waals surface area contributed by atoms with E-state index in [1.807, 2.05) is 12.1 Å². The molecular weight excluding hydrogens is 373 g/mol. The maximum atomic E-state index is 13.4. The average Bonchev–Trinajstić information content (AvgIpc) is 3.24. The number of hydrogen-bond donors (Lipinski definition) is 1. The fraction of sp³-hybridized carbons (Fsp3) is 0.455. The molecule has 3 aliphatic rings. The zero-order valence-corrected chi connectivity index (χ0v) is 16.3. The second kappa shape index (κ2) is 6.22. The summed E-state index contributed by atoms with van der Waals surface area (Å²) in [7, 11) is 0. The lowest BCUT2D eigenvalue weighted by atomic mass is 9.53. The molecule has 6 heteroatoms. The van der Waals surface area contributed by atoms with E-state index in [1.165, 1.54) is 37.8 Å². The van der Waals surface area contributed by atoms with Crippen molar-refractivity contribution >= 4 is 27.4 Å². The van der Waals surface area contributed by atoms with E-state index in [9.17, 15) is 4.39 Å². The summed E-state index contributed by atoms with van der Waals surface area (Å²) in [6, 6.07) is 7.05. The van der Waals surface area contributed by atoms with Crippen LogP contribution in [0.2, 0.25) is 0 Å². The zero-order chi connectivity index (χ0) is 18.7. The van der Waals surface area contributed by atoms with Gasteiger partial charge in [-0.25, -0.2) is 14.4 Å². The molecule has 3 fully saturated rings. The third-order valence-corrected chi connectivity index (χ3v) is 8.00. The van der Waals surface area contributed by atoms with Gasteiger partial charge in [0.15, 0.2) is 0 Å². The maximum Gasteiger partial charge on any atom is 0.139 e. The highest BCUT2D eigenvalue weighted by Gasteiger charge is 2.62. The fourth-order valence-corrected chi connectivity index (χ4v) is 6.68. The van der Waals surface area contributed by atoms with E-state index in [0.717, 1.165) is 46.1 Å². The lowest BCUT2D eigenvalue weighted by Crippen LogP contribution is -2.61. The fourth-order valence-electron chi connectivity index (χ4n) is 5.77. The summed E-state index contributed by atoms with van der Waals surface area (Å²) in [5.41, 5.74) is 2.18. The number of rotatable bonds is 3. The van der Waals surface area contributed by atoms with Crippen molar-refractivity contribution in [2.24, 2.45) is 11.8 Å². The minimum Gasteiger partial charge on any atom is -0.374 e. The SMILES string of the molecule is Fc1ccc(-c2csc3ncnc(NC4CCCC56OCCC5CC46)c23)cc1. The van der Waals surface area contributed by atoms with Crippen LogP contribution in [0.5, 0.6) is 0 Å². The Balaban J connectivity index is 1.37. The van der Waals surface area contributed by atoms with Gasteiger partial charge in [0, 0.05) is 29.5 Å². The van der Waals surface area contributed by atoms with Gasteiger partial charge in [0.2, 0.25) is 0 Å². The molecule has 0 radical (unpaired) electrons. The van der Waals surface area contributed by atoms with E-state index in [-0.39, 0.29) is 11.4 Å².